The molecule has 0 atom stereocenters. The quantitative estimate of drug-likeness (QED) is 0.494. The minimum absolute atomic E-state index is 0. The second kappa shape index (κ2) is 6.31. The predicted octanol–water partition coefficient (Wildman–Crippen LogP) is 2.32. The number of rotatable bonds is 3. The second-order valence-electron chi connectivity index (χ2n) is 3.97. The van der Waals surface area contributed by atoms with Crippen LogP contribution in [0, 0.1) is 0 Å². The van der Waals surface area contributed by atoms with Crippen LogP contribution in [0.5, 0.6) is 0 Å². The van der Waals surface area contributed by atoms with Crippen molar-refractivity contribution in [2.45, 2.75) is 5.75 Å². The van der Waals surface area contributed by atoms with Crippen molar-refractivity contribution < 1.29 is 33.4 Å². The van der Waals surface area contributed by atoms with E-state index in [0.29, 0.717) is 16.8 Å². The van der Waals surface area contributed by atoms with Crippen LogP contribution >= 0.6 is 0 Å². The number of hydrogen-bond donors (Lipinski definition) is 2. The second-order valence-corrected chi connectivity index (χ2v) is 5.42. The van der Waals surface area contributed by atoms with Crippen molar-refractivity contribution in [3.63, 3.8) is 0 Å². The molecule has 0 unspecified atom stereocenters. The summed E-state index contributed by atoms with van der Waals surface area (Å²) >= 11 is 0. The van der Waals surface area contributed by atoms with Crippen LogP contribution in [0.25, 0.3) is 11.1 Å². The van der Waals surface area contributed by atoms with Crippen molar-refractivity contribution in [3.8, 4) is 11.1 Å². The van der Waals surface area contributed by atoms with E-state index in [1.54, 1.807) is 30.3 Å². The van der Waals surface area contributed by atoms with Crippen LogP contribution in [-0.2, 0) is 36.3 Å². The first-order valence-corrected chi connectivity index (χ1v) is 6.96. The molecule has 0 aliphatic carbocycles. The Morgan fingerprint density at radius 2 is 1.47 bits per heavy atom. The smallest absolute Gasteiger partial charge is 0.269 e. The molecule has 0 saturated heterocycles. The Balaban J connectivity index is 0.00000180. The van der Waals surface area contributed by atoms with E-state index in [4.69, 9.17) is 10.3 Å². The van der Waals surface area contributed by atoms with Crippen LogP contribution in [0.15, 0.2) is 48.5 Å². The van der Waals surface area contributed by atoms with E-state index in [0.717, 1.165) is 5.56 Å². The van der Waals surface area contributed by atoms with Crippen molar-refractivity contribution in [3.05, 3.63) is 54.1 Å². The van der Waals surface area contributed by atoms with E-state index in [1.807, 2.05) is 18.2 Å². The van der Waals surface area contributed by atoms with Crippen LogP contribution in [0.1, 0.15) is 5.56 Å². The molecule has 0 aliphatic heterocycles. The van der Waals surface area contributed by atoms with Gasteiger partial charge in [0.05, 0.1) is 0 Å². The van der Waals surface area contributed by atoms with Crippen LogP contribution in [-0.4, -0.2) is 13.0 Å². The zero-order valence-electron chi connectivity index (χ0n) is 9.89. The minimum Gasteiger partial charge on any atom is -0.398 e. The average molecular weight is 370 g/mol. The Morgan fingerprint density at radius 3 is 2.05 bits per heavy atom. The minimum atomic E-state index is -4.06. The van der Waals surface area contributed by atoms with Crippen molar-refractivity contribution >= 4 is 15.8 Å². The van der Waals surface area contributed by atoms with Crippen molar-refractivity contribution in [2.24, 2.45) is 0 Å². The molecule has 2 aromatic rings. The first kappa shape index (κ1) is 15.9. The van der Waals surface area contributed by atoms with E-state index in [-0.39, 0.29) is 20.4 Å². The largest absolute Gasteiger partial charge is 0.398 e. The molecule has 2 rings (SSSR count). The number of anilines is 1. The molecule has 0 fully saturated rings. The normalized spacial score (nSPS) is 10.8. The van der Waals surface area contributed by atoms with Gasteiger partial charge in [-0.15, -0.1) is 0 Å². The topological polar surface area (TPSA) is 80.4 Å². The summed E-state index contributed by atoms with van der Waals surface area (Å²) in [5, 5.41) is 0. The van der Waals surface area contributed by atoms with Gasteiger partial charge in [0.25, 0.3) is 10.1 Å². The molecule has 0 radical (unpaired) electrons. The first-order chi connectivity index (χ1) is 8.47. The summed E-state index contributed by atoms with van der Waals surface area (Å²) in [5.74, 6) is -0.419. The van der Waals surface area contributed by atoms with Crippen molar-refractivity contribution in [1.29, 1.82) is 0 Å². The van der Waals surface area contributed by atoms with Crippen LogP contribution in [0.2, 0.25) is 0 Å². The zero-order valence-corrected chi connectivity index (χ0v) is 12.3. The standard InChI is InChI=1S/C13H13NO3S.Pd/c14-13-8-4-3-7-12(13)11-6-2-1-5-10(11)9-18(15,16)17;/h1-8H,9,14H2,(H,15,16,17);. The fourth-order valence-corrected chi connectivity index (χ4v) is 2.49. The molecule has 4 nitrogen and oxygen atoms in total. The first-order valence-electron chi connectivity index (χ1n) is 5.35. The predicted molar refractivity (Wildman–Crippen MR) is 71.5 cm³/mol. The summed E-state index contributed by atoms with van der Waals surface area (Å²) < 4.78 is 30.9. The molecular formula is C13H13NO3PdS. The van der Waals surface area contributed by atoms with E-state index in [2.05, 4.69) is 0 Å². The molecule has 0 saturated carbocycles. The fourth-order valence-electron chi connectivity index (χ4n) is 1.85. The van der Waals surface area contributed by atoms with Gasteiger partial charge >= 0.3 is 0 Å². The molecule has 0 bridgehead atoms. The van der Waals surface area contributed by atoms with Gasteiger partial charge in [-0.25, -0.2) is 0 Å². The summed E-state index contributed by atoms with van der Waals surface area (Å²) in [6.45, 7) is 0. The molecule has 0 aromatic heterocycles. The monoisotopic (exact) mass is 369 g/mol. The maximum Gasteiger partial charge on any atom is 0.269 e. The van der Waals surface area contributed by atoms with Gasteiger partial charge in [0.1, 0.15) is 5.75 Å². The van der Waals surface area contributed by atoms with Gasteiger partial charge in [-0.3, -0.25) is 4.55 Å². The van der Waals surface area contributed by atoms with E-state index in [1.165, 1.54) is 0 Å². The molecule has 0 spiro atoms. The molecule has 6 heteroatoms. The number of nitrogen functional groups attached to an aromatic ring is 1. The van der Waals surface area contributed by atoms with Gasteiger partial charge in [0.2, 0.25) is 0 Å². The SMILES string of the molecule is Nc1ccccc1-c1ccccc1CS(=O)(=O)O.[Pd]. The van der Waals surface area contributed by atoms with Gasteiger partial charge in [-0.2, -0.15) is 8.42 Å². The van der Waals surface area contributed by atoms with Gasteiger partial charge in [-0.1, -0.05) is 42.5 Å². The Bertz CT molecular complexity index is 671. The van der Waals surface area contributed by atoms with Gasteiger partial charge in [-0.05, 0) is 17.2 Å². The Labute approximate surface area is 126 Å². The maximum atomic E-state index is 11.0. The molecule has 0 aliphatic rings. The average Bonchev–Trinajstić information content (AvgIpc) is 2.29. The maximum absolute atomic E-state index is 11.0. The molecular weight excluding hydrogens is 357 g/mol. The Morgan fingerprint density at radius 1 is 0.947 bits per heavy atom. The van der Waals surface area contributed by atoms with Crippen molar-refractivity contribution in [2.75, 3.05) is 5.73 Å². The third kappa shape index (κ3) is 4.15. The third-order valence-electron chi connectivity index (χ3n) is 2.61. The number of nitrogens with two attached hydrogens (primary N) is 1. The van der Waals surface area contributed by atoms with Crippen LogP contribution in [0.3, 0.4) is 0 Å². The molecule has 3 N–H and O–H groups in total. The molecule has 0 heterocycles. The summed E-state index contributed by atoms with van der Waals surface area (Å²) in [4.78, 5) is 0. The summed E-state index contributed by atoms with van der Waals surface area (Å²) in [6, 6.07) is 14.2. The fraction of sp³-hybridized carbons (Fsp3) is 0.0769. The van der Waals surface area contributed by atoms with Crippen molar-refractivity contribution in [1.82, 2.24) is 0 Å². The van der Waals surface area contributed by atoms with Crippen LogP contribution in [0.4, 0.5) is 5.69 Å². The summed E-state index contributed by atoms with van der Waals surface area (Å²) in [6.07, 6.45) is 0. The van der Waals surface area contributed by atoms with Gasteiger partial charge in [0.15, 0.2) is 0 Å². The van der Waals surface area contributed by atoms with E-state index in [9.17, 15) is 8.42 Å². The molecule has 19 heavy (non-hydrogen) atoms. The number of benzene rings is 2. The molecule has 0 amide bonds. The molecule has 104 valence electrons. The van der Waals surface area contributed by atoms with Gasteiger partial charge in [0, 0.05) is 31.7 Å². The van der Waals surface area contributed by atoms with Crippen LogP contribution < -0.4 is 5.73 Å². The molecule has 2 aromatic carbocycles. The summed E-state index contributed by atoms with van der Waals surface area (Å²) in [5.41, 5.74) is 8.45. The number of hydrogen-bond acceptors (Lipinski definition) is 3. The zero-order chi connectivity index (χ0) is 13.2. The van der Waals surface area contributed by atoms with E-state index < -0.39 is 15.9 Å². The Hall–Kier alpha value is -1.19. The van der Waals surface area contributed by atoms with Gasteiger partial charge < -0.3 is 5.73 Å². The summed E-state index contributed by atoms with van der Waals surface area (Å²) in [7, 11) is -4.06. The Kier molecular flexibility index (Phi) is 5.27. The van der Waals surface area contributed by atoms with E-state index >= 15 is 0 Å². The third-order valence-corrected chi connectivity index (χ3v) is 3.28. The number of para-hydroxylation sites is 1.